The molecule has 1 atom stereocenters. The zero-order chi connectivity index (χ0) is 14.8. The van der Waals surface area contributed by atoms with Crippen LogP contribution in [0.2, 0.25) is 0 Å². The Hall–Kier alpha value is -1.44. The highest BCUT2D eigenvalue weighted by Crippen LogP contribution is 2.19. The number of ether oxygens (including phenoxy) is 2. The highest BCUT2D eigenvalue weighted by Gasteiger charge is 2.34. The number of methoxy groups -OCH3 is 1. The van der Waals surface area contributed by atoms with Crippen LogP contribution in [0.15, 0.2) is 29.2 Å². The Morgan fingerprint density at radius 2 is 2.00 bits per heavy atom. The summed E-state index contributed by atoms with van der Waals surface area (Å²) in [7, 11) is -2.36. The van der Waals surface area contributed by atoms with E-state index < -0.39 is 22.1 Å². The Kier molecular flexibility index (Phi) is 4.42. The summed E-state index contributed by atoms with van der Waals surface area (Å²) >= 11 is 0. The monoisotopic (exact) mass is 299 g/mol. The van der Waals surface area contributed by atoms with Crippen LogP contribution < -0.4 is 0 Å². The number of carbonyl (C=O) groups excluding carboxylic acids is 1. The van der Waals surface area contributed by atoms with Crippen molar-refractivity contribution in [2.75, 3.05) is 26.8 Å². The van der Waals surface area contributed by atoms with Crippen molar-refractivity contribution in [1.29, 1.82) is 0 Å². The maximum absolute atomic E-state index is 12.5. The van der Waals surface area contributed by atoms with Gasteiger partial charge in [0.2, 0.25) is 10.0 Å². The number of sulfonamides is 1. The molecule has 1 aliphatic heterocycles. The molecule has 6 nitrogen and oxygen atoms in total. The predicted molar refractivity (Wildman–Crippen MR) is 71.7 cm³/mol. The molecule has 0 bridgehead atoms. The van der Waals surface area contributed by atoms with Gasteiger partial charge in [-0.15, -0.1) is 0 Å². The van der Waals surface area contributed by atoms with Gasteiger partial charge in [0.15, 0.2) is 6.10 Å². The lowest BCUT2D eigenvalue weighted by Crippen LogP contribution is -2.48. The van der Waals surface area contributed by atoms with E-state index in [4.69, 9.17) is 4.74 Å². The smallest absolute Gasteiger partial charge is 0.336 e. The van der Waals surface area contributed by atoms with Crippen LogP contribution in [0.4, 0.5) is 0 Å². The minimum absolute atomic E-state index is 0.0249. The molecule has 1 aliphatic rings. The largest absolute Gasteiger partial charge is 0.467 e. The molecule has 7 heteroatoms. The first-order chi connectivity index (χ1) is 9.45. The van der Waals surface area contributed by atoms with Gasteiger partial charge in [0.25, 0.3) is 0 Å². The first-order valence-electron chi connectivity index (χ1n) is 6.21. The first-order valence-corrected chi connectivity index (χ1v) is 7.65. The summed E-state index contributed by atoms with van der Waals surface area (Å²) in [6.07, 6.45) is -0.867. The first kappa shape index (κ1) is 15.0. The highest BCUT2D eigenvalue weighted by atomic mass is 32.2. The second-order valence-electron chi connectivity index (χ2n) is 4.56. The van der Waals surface area contributed by atoms with Crippen molar-refractivity contribution in [1.82, 2.24) is 4.31 Å². The molecule has 0 aromatic heterocycles. The van der Waals surface area contributed by atoms with Crippen molar-refractivity contribution in [2.24, 2.45) is 0 Å². The third kappa shape index (κ3) is 3.00. The van der Waals surface area contributed by atoms with Crippen molar-refractivity contribution in [3.8, 4) is 0 Å². The fourth-order valence-corrected chi connectivity index (χ4v) is 3.40. The number of benzene rings is 1. The molecular formula is C13H17NO5S. The van der Waals surface area contributed by atoms with E-state index in [1.54, 1.807) is 24.3 Å². The molecule has 0 unspecified atom stereocenters. The van der Waals surface area contributed by atoms with E-state index in [9.17, 15) is 13.2 Å². The second kappa shape index (κ2) is 5.90. The molecule has 0 spiro atoms. The average molecular weight is 299 g/mol. The Labute approximate surface area is 118 Å². The highest BCUT2D eigenvalue weighted by molar-refractivity contribution is 7.89. The lowest BCUT2D eigenvalue weighted by molar-refractivity contribution is -0.157. The number of esters is 1. The van der Waals surface area contributed by atoms with Crippen LogP contribution in [0.25, 0.3) is 0 Å². The lowest BCUT2D eigenvalue weighted by atomic mass is 10.2. The molecule has 0 saturated carbocycles. The molecule has 0 N–H and O–H groups in total. The van der Waals surface area contributed by atoms with Crippen LogP contribution >= 0.6 is 0 Å². The molecule has 2 rings (SSSR count). The number of nitrogens with zero attached hydrogens (tertiary/aromatic N) is 1. The summed E-state index contributed by atoms with van der Waals surface area (Å²) in [4.78, 5) is 11.7. The third-order valence-electron chi connectivity index (χ3n) is 3.15. The van der Waals surface area contributed by atoms with Crippen LogP contribution in [-0.4, -0.2) is 51.6 Å². The van der Waals surface area contributed by atoms with Gasteiger partial charge in [0.05, 0.1) is 25.2 Å². The van der Waals surface area contributed by atoms with E-state index in [-0.39, 0.29) is 24.6 Å². The van der Waals surface area contributed by atoms with E-state index in [1.807, 2.05) is 6.92 Å². The van der Waals surface area contributed by atoms with Crippen molar-refractivity contribution in [3.05, 3.63) is 29.8 Å². The molecule has 0 amide bonds. The van der Waals surface area contributed by atoms with Gasteiger partial charge in [-0.3, -0.25) is 0 Å². The van der Waals surface area contributed by atoms with Gasteiger partial charge in [0, 0.05) is 6.54 Å². The molecule has 0 aliphatic carbocycles. The molecule has 0 radical (unpaired) electrons. The van der Waals surface area contributed by atoms with Crippen LogP contribution in [0.5, 0.6) is 0 Å². The third-order valence-corrected chi connectivity index (χ3v) is 5.03. The maximum atomic E-state index is 12.5. The quantitative estimate of drug-likeness (QED) is 0.762. The summed E-state index contributed by atoms with van der Waals surface area (Å²) in [5, 5.41) is 0. The van der Waals surface area contributed by atoms with Crippen LogP contribution in [0.1, 0.15) is 5.56 Å². The van der Waals surface area contributed by atoms with Gasteiger partial charge in [0.1, 0.15) is 0 Å². The topological polar surface area (TPSA) is 72.9 Å². The fourth-order valence-electron chi connectivity index (χ4n) is 1.98. The molecule has 1 saturated heterocycles. The van der Waals surface area contributed by atoms with Crippen molar-refractivity contribution in [3.63, 3.8) is 0 Å². The van der Waals surface area contributed by atoms with Crippen molar-refractivity contribution < 1.29 is 22.7 Å². The van der Waals surface area contributed by atoms with Crippen LogP contribution in [0, 0.1) is 6.92 Å². The van der Waals surface area contributed by atoms with Crippen LogP contribution in [0.3, 0.4) is 0 Å². The molecule has 20 heavy (non-hydrogen) atoms. The van der Waals surface area contributed by atoms with E-state index in [0.717, 1.165) is 5.56 Å². The molecule has 1 heterocycles. The van der Waals surface area contributed by atoms with Gasteiger partial charge in [-0.25, -0.2) is 13.2 Å². The van der Waals surface area contributed by atoms with Gasteiger partial charge >= 0.3 is 5.97 Å². The summed E-state index contributed by atoms with van der Waals surface area (Å²) in [6.45, 7) is 2.26. The van der Waals surface area contributed by atoms with Gasteiger partial charge in [-0.05, 0) is 19.1 Å². The number of hydrogen-bond acceptors (Lipinski definition) is 5. The standard InChI is InChI=1S/C13H17NO5S/c1-10-3-5-11(6-4-10)20(16,17)14-7-8-19-12(9-14)13(15)18-2/h3-6,12H,7-9H2,1-2H3/t12-/m1/s1. The Balaban J connectivity index is 2.21. The minimum Gasteiger partial charge on any atom is -0.467 e. The SMILES string of the molecule is COC(=O)[C@H]1CN(S(=O)(=O)c2ccc(C)cc2)CCO1. The fraction of sp³-hybridized carbons (Fsp3) is 0.462. The van der Waals surface area contributed by atoms with Crippen molar-refractivity contribution in [2.45, 2.75) is 17.9 Å². The number of morpholine rings is 1. The maximum Gasteiger partial charge on any atom is 0.336 e. The molecule has 1 aromatic carbocycles. The van der Waals surface area contributed by atoms with Crippen molar-refractivity contribution >= 4 is 16.0 Å². The van der Waals surface area contributed by atoms with Crippen LogP contribution in [-0.2, 0) is 24.3 Å². The van der Waals surface area contributed by atoms with E-state index in [2.05, 4.69) is 4.74 Å². The van der Waals surface area contributed by atoms with E-state index in [0.29, 0.717) is 0 Å². The van der Waals surface area contributed by atoms with Gasteiger partial charge in [-0.2, -0.15) is 4.31 Å². The molecular weight excluding hydrogens is 282 g/mol. The second-order valence-corrected chi connectivity index (χ2v) is 6.50. The molecule has 1 fully saturated rings. The number of hydrogen-bond donors (Lipinski definition) is 0. The Morgan fingerprint density at radius 1 is 1.35 bits per heavy atom. The number of aryl methyl sites for hydroxylation is 1. The average Bonchev–Trinajstić information content (AvgIpc) is 2.47. The summed E-state index contributed by atoms with van der Waals surface area (Å²) in [6, 6.07) is 6.61. The lowest BCUT2D eigenvalue weighted by Gasteiger charge is -2.30. The van der Waals surface area contributed by atoms with E-state index >= 15 is 0 Å². The van der Waals surface area contributed by atoms with E-state index in [1.165, 1.54) is 11.4 Å². The minimum atomic E-state index is -3.61. The summed E-state index contributed by atoms with van der Waals surface area (Å²) in [5.41, 5.74) is 0.985. The normalized spacial score (nSPS) is 20.6. The van der Waals surface area contributed by atoms with Gasteiger partial charge in [-0.1, -0.05) is 17.7 Å². The zero-order valence-corrected chi connectivity index (χ0v) is 12.2. The Morgan fingerprint density at radius 3 is 2.60 bits per heavy atom. The number of rotatable bonds is 3. The zero-order valence-electron chi connectivity index (χ0n) is 11.4. The van der Waals surface area contributed by atoms with Gasteiger partial charge < -0.3 is 9.47 Å². The Bertz CT molecular complexity index is 581. The molecule has 1 aromatic rings. The molecule has 110 valence electrons. The summed E-state index contributed by atoms with van der Waals surface area (Å²) < 4.78 is 36.0. The summed E-state index contributed by atoms with van der Waals surface area (Å²) in [5.74, 6) is -0.561. The number of carbonyl (C=O) groups is 1. The predicted octanol–water partition coefficient (Wildman–Crippen LogP) is 0.558.